The van der Waals surface area contributed by atoms with Crippen LogP contribution in [0.2, 0.25) is 0 Å². The Morgan fingerprint density at radius 2 is 1.47 bits per heavy atom. The van der Waals surface area contributed by atoms with Crippen molar-refractivity contribution in [2.45, 2.75) is 158 Å². The second kappa shape index (κ2) is 18.9. The molecule has 0 aromatic rings. The van der Waals surface area contributed by atoms with E-state index in [2.05, 4.69) is 41.7 Å². The fraction of sp³-hybridized carbons (Fsp3) is 0.786. The van der Waals surface area contributed by atoms with Gasteiger partial charge in [-0.1, -0.05) is 94.6 Å². The maximum Gasteiger partial charge on any atom is 0.315 e. The molecule has 13 heteroatoms. The van der Waals surface area contributed by atoms with Crippen molar-refractivity contribution < 1.29 is 33.6 Å². The van der Waals surface area contributed by atoms with Gasteiger partial charge in [0, 0.05) is 32.5 Å². The Kier molecular flexibility index (Phi) is 15.7. The van der Waals surface area contributed by atoms with Gasteiger partial charge in [0.1, 0.15) is 12.1 Å². The number of urea groups is 1. The summed E-state index contributed by atoms with van der Waals surface area (Å²) in [6, 6.07) is -4.24. The monoisotopic (exact) mass is 771 g/mol. The number of fused-ring (bicyclic) bond motifs is 1. The Hall–Kier alpha value is -3.77. The van der Waals surface area contributed by atoms with E-state index in [0.717, 1.165) is 25.7 Å². The van der Waals surface area contributed by atoms with Crippen LogP contribution < -0.4 is 21.3 Å². The number of Topliss-reactive ketones (excluding diaryl/α,β-unsaturated/α-hetero) is 1. The van der Waals surface area contributed by atoms with Crippen LogP contribution in [-0.2, 0) is 28.8 Å². The maximum atomic E-state index is 14.8. The quantitative estimate of drug-likeness (QED) is 0.121. The lowest BCUT2D eigenvalue weighted by Gasteiger charge is -2.39. The Morgan fingerprint density at radius 1 is 0.873 bits per heavy atom. The number of hydrogen-bond acceptors (Lipinski definition) is 7. The number of likely N-dealkylation sites (tertiary alicyclic amines) is 1. The van der Waals surface area contributed by atoms with Crippen molar-refractivity contribution in [1.82, 2.24) is 31.1 Å². The molecular formula is C42H70N6O7. The van der Waals surface area contributed by atoms with Gasteiger partial charge in [-0.2, -0.15) is 0 Å². The Balaban J connectivity index is 1.91. The van der Waals surface area contributed by atoms with Gasteiger partial charge in [-0.05, 0) is 66.1 Å². The van der Waals surface area contributed by atoms with Crippen LogP contribution in [0.3, 0.4) is 0 Å². The first kappa shape index (κ1) is 45.6. The van der Waals surface area contributed by atoms with Crippen LogP contribution in [0.15, 0.2) is 12.7 Å². The molecule has 6 atom stereocenters. The third kappa shape index (κ3) is 11.6. The fourth-order valence-electron chi connectivity index (χ4n) is 8.25. The minimum absolute atomic E-state index is 0.0101. The number of hydrogen-bond donors (Lipinski definition) is 4. The predicted molar refractivity (Wildman–Crippen MR) is 212 cm³/mol. The van der Waals surface area contributed by atoms with Crippen molar-refractivity contribution in [3.8, 4) is 0 Å². The van der Waals surface area contributed by atoms with Crippen molar-refractivity contribution in [1.29, 1.82) is 0 Å². The molecule has 0 aromatic carbocycles. The molecule has 0 aromatic heterocycles. The van der Waals surface area contributed by atoms with E-state index in [9.17, 15) is 33.6 Å². The largest absolute Gasteiger partial charge is 0.346 e. The summed E-state index contributed by atoms with van der Waals surface area (Å²) in [5, 5.41) is 11.4. The van der Waals surface area contributed by atoms with Gasteiger partial charge in [-0.25, -0.2) is 4.79 Å². The van der Waals surface area contributed by atoms with Gasteiger partial charge in [0.05, 0.1) is 12.1 Å². The third-order valence-electron chi connectivity index (χ3n) is 12.0. The average molecular weight is 771 g/mol. The molecule has 4 N–H and O–H groups in total. The first-order chi connectivity index (χ1) is 25.6. The first-order valence-corrected chi connectivity index (χ1v) is 20.5. The Morgan fingerprint density at radius 3 is 1.96 bits per heavy atom. The number of nitrogens with zero attached hydrogens (tertiary/aromatic N) is 2. The summed E-state index contributed by atoms with van der Waals surface area (Å²) in [4.78, 5) is 98.3. The summed E-state index contributed by atoms with van der Waals surface area (Å²) in [5.74, 6) is -2.90. The lowest BCUT2D eigenvalue weighted by atomic mass is 9.79. The molecule has 0 radical (unpaired) electrons. The van der Waals surface area contributed by atoms with Crippen LogP contribution >= 0.6 is 0 Å². The number of ketones is 1. The minimum atomic E-state index is -1.05. The van der Waals surface area contributed by atoms with Gasteiger partial charge < -0.3 is 26.2 Å². The van der Waals surface area contributed by atoms with E-state index in [1.165, 1.54) is 11.0 Å². The predicted octanol–water partition coefficient (Wildman–Crippen LogP) is 4.88. The minimum Gasteiger partial charge on any atom is -0.346 e. The van der Waals surface area contributed by atoms with Crippen molar-refractivity contribution in [3.05, 3.63) is 12.7 Å². The highest BCUT2D eigenvalue weighted by Gasteiger charge is 2.57. The van der Waals surface area contributed by atoms with Gasteiger partial charge in [0.25, 0.3) is 5.91 Å². The summed E-state index contributed by atoms with van der Waals surface area (Å²) in [6.07, 6.45) is 7.86. The van der Waals surface area contributed by atoms with E-state index in [4.69, 9.17) is 0 Å². The van der Waals surface area contributed by atoms with Crippen molar-refractivity contribution in [2.24, 2.45) is 34.0 Å². The van der Waals surface area contributed by atoms with E-state index < -0.39 is 64.5 Å². The van der Waals surface area contributed by atoms with E-state index >= 15 is 0 Å². The standard InChI is InChI=1S/C42H70N6O7/c1-12-16-31(49)47(32(50)17-13-2)25-30(40(4,5)6)45-39(55)46-35(41(7,8)9)38(54)48-24-28-27(20-21-42(28,10)11)33(48)36(52)44-29(23-26-18-15-19-26)34(51)37(53)43-22-14-3/h14,26-30,33,35H,3,12-13,15-25H2,1-2,4-11H3,(H,43,53)(H,44,52)(H2,45,46,55)/t27-,28-,29?,30+,33-,35+/m0/s1. The molecule has 1 aliphatic heterocycles. The molecule has 7 amide bonds. The summed E-state index contributed by atoms with van der Waals surface area (Å²) in [5.41, 5.74) is -1.50. The summed E-state index contributed by atoms with van der Waals surface area (Å²) < 4.78 is 0. The van der Waals surface area contributed by atoms with Gasteiger partial charge in [-0.15, -0.1) is 6.58 Å². The highest BCUT2D eigenvalue weighted by atomic mass is 16.2. The number of rotatable bonds is 17. The molecule has 1 unspecified atom stereocenters. The topological polar surface area (TPSA) is 174 Å². The van der Waals surface area contributed by atoms with Gasteiger partial charge in [0.15, 0.2) is 0 Å². The maximum absolute atomic E-state index is 14.8. The smallest absolute Gasteiger partial charge is 0.315 e. The van der Waals surface area contributed by atoms with E-state index in [0.29, 0.717) is 32.2 Å². The molecule has 310 valence electrons. The SMILES string of the molecule is C=CCNC(=O)C(=O)C(CC1CCC1)NC(=O)[C@@H]1[C@H]2CCC(C)(C)[C@H]2CN1C(=O)[C@@H](NC(=O)N[C@H](CN(C(=O)CCC)C(=O)CCC)C(C)(C)C)C(C)(C)C. The van der Waals surface area contributed by atoms with Crippen molar-refractivity contribution in [2.75, 3.05) is 19.6 Å². The van der Waals surface area contributed by atoms with E-state index in [-0.39, 0.29) is 60.9 Å². The second-order valence-electron chi connectivity index (χ2n) is 18.9. The molecule has 3 aliphatic rings. The lowest BCUT2D eigenvalue weighted by molar-refractivity contribution is -0.145. The van der Waals surface area contributed by atoms with E-state index in [1.807, 2.05) is 55.4 Å². The normalized spacial score (nSPS) is 22.3. The molecule has 0 bridgehead atoms. The molecule has 55 heavy (non-hydrogen) atoms. The van der Waals surface area contributed by atoms with Crippen LogP contribution in [0.1, 0.15) is 133 Å². The van der Waals surface area contributed by atoms with Gasteiger partial charge >= 0.3 is 6.03 Å². The second-order valence-corrected chi connectivity index (χ2v) is 18.9. The van der Waals surface area contributed by atoms with Gasteiger partial charge in [0.2, 0.25) is 29.4 Å². The number of imide groups is 1. The van der Waals surface area contributed by atoms with E-state index in [1.54, 1.807) is 4.90 Å². The number of amides is 7. The van der Waals surface area contributed by atoms with Crippen molar-refractivity contribution >= 4 is 41.4 Å². The average Bonchev–Trinajstić information content (AvgIpc) is 3.60. The number of nitrogens with one attached hydrogen (secondary N) is 4. The molecule has 1 heterocycles. The molecule has 2 saturated carbocycles. The van der Waals surface area contributed by atoms with Crippen LogP contribution in [0, 0.1) is 34.0 Å². The highest BCUT2D eigenvalue weighted by molar-refractivity contribution is 6.38. The zero-order chi connectivity index (χ0) is 41.5. The molecule has 1 saturated heterocycles. The molecular weight excluding hydrogens is 700 g/mol. The Labute approximate surface area is 329 Å². The molecule has 2 aliphatic carbocycles. The van der Waals surface area contributed by atoms with Crippen LogP contribution in [0.25, 0.3) is 0 Å². The van der Waals surface area contributed by atoms with Crippen molar-refractivity contribution in [3.63, 3.8) is 0 Å². The zero-order valence-electron chi connectivity index (χ0n) is 35.3. The van der Waals surface area contributed by atoms with Crippen LogP contribution in [-0.4, -0.2) is 95.0 Å². The number of carbonyl (C=O) groups is 7. The fourth-order valence-corrected chi connectivity index (χ4v) is 8.25. The lowest BCUT2D eigenvalue weighted by Crippen LogP contribution is -2.62. The highest BCUT2D eigenvalue weighted by Crippen LogP contribution is 2.53. The van der Waals surface area contributed by atoms with Gasteiger partial charge in [-0.3, -0.25) is 33.7 Å². The summed E-state index contributed by atoms with van der Waals surface area (Å²) in [7, 11) is 0. The molecule has 3 fully saturated rings. The zero-order valence-corrected chi connectivity index (χ0v) is 35.3. The third-order valence-corrected chi connectivity index (χ3v) is 12.0. The molecule has 3 rings (SSSR count). The molecule has 13 nitrogen and oxygen atoms in total. The summed E-state index contributed by atoms with van der Waals surface area (Å²) in [6.45, 7) is 23.3. The van der Waals surface area contributed by atoms with Crippen LogP contribution in [0.4, 0.5) is 4.79 Å². The first-order valence-electron chi connectivity index (χ1n) is 20.5. The van der Waals surface area contributed by atoms with Crippen LogP contribution in [0.5, 0.6) is 0 Å². The number of carbonyl (C=O) groups excluding carboxylic acids is 7. The Bertz CT molecular complexity index is 1420. The molecule has 0 spiro atoms. The summed E-state index contributed by atoms with van der Waals surface area (Å²) >= 11 is 0.